The van der Waals surface area contributed by atoms with Gasteiger partial charge in [-0.05, 0) is 31.4 Å². The van der Waals surface area contributed by atoms with Crippen molar-refractivity contribution < 1.29 is 22.8 Å². The monoisotopic (exact) mass is 300 g/mol. The third-order valence-corrected chi connectivity index (χ3v) is 3.49. The van der Waals surface area contributed by atoms with Gasteiger partial charge in [0.1, 0.15) is 12.0 Å². The van der Waals surface area contributed by atoms with Crippen LogP contribution in [0.3, 0.4) is 0 Å². The van der Waals surface area contributed by atoms with Gasteiger partial charge in [-0.15, -0.1) is 0 Å². The number of carbonyl (C=O) groups excluding carboxylic acids is 2. The number of amides is 2. The lowest BCUT2D eigenvalue weighted by molar-refractivity contribution is -0.170. The fourth-order valence-electron chi connectivity index (χ4n) is 2.24. The van der Waals surface area contributed by atoms with Crippen molar-refractivity contribution in [2.24, 2.45) is 5.92 Å². The van der Waals surface area contributed by atoms with Gasteiger partial charge in [0.25, 0.3) is 0 Å². The lowest BCUT2D eigenvalue weighted by atomic mass is 9.92. The van der Waals surface area contributed by atoms with Crippen molar-refractivity contribution in [3.63, 3.8) is 0 Å². The fourth-order valence-corrected chi connectivity index (χ4v) is 2.24. The summed E-state index contributed by atoms with van der Waals surface area (Å²) < 4.78 is 37.6. The highest BCUT2D eigenvalue weighted by Gasteiger charge is 2.45. The van der Waals surface area contributed by atoms with E-state index in [4.69, 9.17) is 0 Å². The van der Waals surface area contributed by atoms with E-state index in [9.17, 15) is 22.8 Å². The number of para-hydroxylation sites is 1. The van der Waals surface area contributed by atoms with Crippen molar-refractivity contribution in [2.75, 3.05) is 5.32 Å². The molecule has 1 aliphatic heterocycles. The van der Waals surface area contributed by atoms with Crippen LogP contribution in [0.5, 0.6) is 0 Å². The Morgan fingerprint density at radius 3 is 2.52 bits per heavy atom. The second kappa shape index (κ2) is 5.75. The van der Waals surface area contributed by atoms with E-state index >= 15 is 0 Å². The Morgan fingerprint density at radius 1 is 1.29 bits per heavy atom. The Morgan fingerprint density at radius 2 is 1.95 bits per heavy atom. The zero-order chi connectivity index (χ0) is 15.6. The zero-order valence-electron chi connectivity index (χ0n) is 11.3. The van der Waals surface area contributed by atoms with Gasteiger partial charge in [-0.2, -0.15) is 13.2 Å². The minimum atomic E-state index is -4.48. The summed E-state index contributed by atoms with van der Waals surface area (Å²) in [5.74, 6) is -2.56. The Kier molecular flexibility index (Phi) is 4.20. The number of piperidine rings is 1. The molecule has 2 amide bonds. The number of hydrogen-bond donors (Lipinski definition) is 2. The quantitative estimate of drug-likeness (QED) is 0.824. The Labute approximate surface area is 119 Å². The summed E-state index contributed by atoms with van der Waals surface area (Å²) >= 11 is 0. The second-order valence-corrected chi connectivity index (χ2v) is 5.04. The largest absolute Gasteiger partial charge is 0.408 e. The number of benzene rings is 1. The highest BCUT2D eigenvalue weighted by Crippen LogP contribution is 2.29. The van der Waals surface area contributed by atoms with Crippen LogP contribution < -0.4 is 10.6 Å². The van der Waals surface area contributed by atoms with Gasteiger partial charge in [-0.3, -0.25) is 9.59 Å². The first kappa shape index (κ1) is 15.3. The van der Waals surface area contributed by atoms with Gasteiger partial charge >= 0.3 is 6.18 Å². The van der Waals surface area contributed by atoms with Crippen molar-refractivity contribution in [3.8, 4) is 0 Å². The van der Waals surface area contributed by atoms with Crippen molar-refractivity contribution >= 4 is 17.5 Å². The Balaban J connectivity index is 2.02. The predicted octanol–water partition coefficient (Wildman–Crippen LogP) is 2.39. The van der Waals surface area contributed by atoms with Gasteiger partial charge in [-0.1, -0.05) is 18.2 Å². The first-order valence-corrected chi connectivity index (χ1v) is 6.52. The van der Waals surface area contributed by atoms with Crippen LogP contribution >= 0.6 is 0 Å². The van der Waals surface area contributed by atoms with Crippen LogP contribution in [-0.2, 0) is 9.59 Å². The highest BCUT2D eigenvalue weighted by atomic mass is 19.4. The number of alkyl halides is 3. The smallest absolute Gasteiger partial charge is 0.344 e. The van der Waals surface area contributed by atoms with Crippen molar-refractivity contribution in [3.05, 3.63) is 29.8 Å². The molecule has 7 heteroatoms. The van der Waals surface area contributed by atoms with Gasteiger partial charge in [0.15, 0.2) is 0 Å². The van der Waals surface area contributed by atoms with Crippen LogP contribution in [-0.4, -0.2) is 24.0 Å². The van der Waals surface area contributed by atoms with Crippen LogP contribution in [0.25, 0.3) is 0 Å². The van der Waals surface area contributed by atoms with Crippen LogP contribution in [0, 0.1) is 12.8 Å². The van der Waals surface area contributed by atoms with Crippen molar-refractivity contribution in [2.45, 2.75) is 32.0 Å². The summed E-state index contributed by atoms with van der Waals surface area (Å²) in [7, 11) is 0. The lowest BCUT2D eigenvalue weighted by Crippen LogP contribution is -2.53. The molecular weight excluding hydrogens is 285 g/mol. The van der Waals surface area contributed by atoms with Gasteiger partial charge in [-0.25, -0.2) is 0 Å². The van der Waals surface area contributed by atoms with E-state index in [0.29, 0.717) is 5.69 Å². The molecule has 0 saturated carbocycles. The third kappa shape index (κ3) is 3.53. The molecule has 4 nitrogen and oxygen atoms in total. The number of anilines is 1. The van der Waals surface area contributed by atoms with E-state index < -0.39 is 30.0 Å². The molecule has 2 atom stereocenters. The second-order valence-electron chi connectivity index (χ2n) is 5.04. The number of halogens is 3. The Hall–Kier alpha value is -2.05. The fraction of sp³-hybridized carbons (Fsp3) is 0.429. The number of nitrogens with one attached hydrogen (secondary N) is 2. The maximum atomic E-state index is 12.5. The van der Waals surface area contributed by atoms with E-state index in [0.717, 1.165) is 5.56 Å². The van der Waals surface area contributed by atoms with Crippen molar-refractivity contribution in [1.29, 1.82) is 0 Å². The number of carbonyl (C=O) groups is 2. The summed E-state index contributed by atoms with van der Waals surface area (Å²) in [5, 5.41) is 4.45. The SMILES string of the molecule is Cc1ccccc1NC(=O)[C@@H]1CC[C@@H](C(F)(F)F)NC1=O. The van der Waals surface area contributed by atoms with Gasteiger partial charge in [0, 0.05) is 5.69 Å². The molecule has 0 spiro atoms. The van der Waals surface area contributed by atoms with Gasteiger partial charge in [0.05, 0.1) is 0 Å². The standard InChI is InChI=1S/C14H15F3N2O2/c1-8-4-2-3-5-10(8)18-12(20)9-6-7-11(14(15,16)17)19-13(9)21/h2-5,9,11H,6-7H2,1H3,(H,18,20)(H,19,21)/t9-,11-/m0/s1. The normalized spacial score (nSPS) is 22.6. The first-order chi connectivity index (χ1) is 9.79. The number of hydrogen-bond acceptors (Lipinski definition) is 2. The summed E-state index contributed by atoms with van der Waals surface area (Å²) in [5.41, 5.74) is 1.36. The minimum Gasteiger partial charge on any atom is -0.344 e. The van der Waals surface area contributed by atoms with Crippen LogP contribution in [0.15, 0.2) is 24.3 Å². The molecule has 1 aromatic carbocycles. The summed E-state index contributed by atoms with van der Waals surface area (Å²) in [6.07, 6.45) is -4.89. The van der Waals surface area contributed by atoms with Gasteiger partial charge < -0.3 is 10.6 Å². The Bertz CT molecular complexity index is 557. The number of rotatable bonds is 2. The molecule has 0 aromatic heterocycles. The minimum absolute atomic E-state index is 0.117. The predicted molar refractivity (Wildman–Crippen MR) is 70.5 cm³/mol. The van der Waals surface area contributed by atoms with Gasteiger partial charge in [0.2, 0.25) is 11.8 Å². The molecule has 1 heterocycles. The zero-order valence-corrected chi connectivity index (χ0v) is 11.3. The van der Waals surface area contributed by atoms with E-state index in [1.807, 2.05) is 5.32 Å². The maximum absolute atomic E-state index is 12.5. The molecule has 114 valence electrons. The molecule has 2 N–H and O–H groups in total. The number of aryl methyl sites for hydroxylation is 1. The van der Waals surface area contributed by atoms with Crippen LogP contribution in [0.1, 0.15) is 18.4 Å². The molecule has 1 aromatic rings. The summed E-state index contributed by atoms with van der Waals surface area (Å²) in [4.78, 5) is 23.7. The molecule has 1 saturated heterocycles. The molecule has 0 radical (unpaired) electrons. The average molecular weight is 300 g/mol. The molecule has 1 aliphatic rings. The lowest BCUT2D eigenvalue weighted by Gasteiger charge is -2.29. The van der Waals surface area contributed by atoms with E-state index in [1.54, 1.807) is 31.2 Å². The summed E-state index contributed by atoms with van der Waals surface area (Å²) in [6.45, 7) is 1.79. The summed E-state index contributed by atoms with van der Waals surface area (Å²) in [6, 6.07) is 5.12. The van der Waals surface area contributed by atoms with Crippen LogP contribution in [0.2, 0.25) is 0 Å². The maximum Gasteiger partial charge on any atom is 0.408 e. The average Bonchev–Trinajstić information content (AvgIpc) is 2.40. The van der Waals surface area contributed by atoms with E-state index in [1.165, 1.54) is 0 Å². The molecule has 0 aliphatic carbocycles. The van der Waals surface area contributed by atoms with Crippen LogP contribution in [0.4, 0.5) is 18.9 Å². The molecule has 2 rings (SSSR count). The van der Waals surface area contributed by atoms with E-state index in [-0.39, 0.29) is 12.8 Å². The third-order valence-electron chi connectivity index (χ3n) is 3.49. The highest BCUT2D eigenvalue weighted by molar-refractivity contribution is 6.07. The first-order valence-electron chi connectivity index (χ1n) is 6.52. The molecule has 0 bridgehead atoms. The molecule has 21 heavy (non-hydrogen) atoms. The van der Waals surface area contributed by atoms with Crippen molar-refractivity contribution in [1.82, 2.24) is 5.32 Å². The molecular formula is C14H15F3N2O2. The van der Waals surface area contributed by atoms with E-state index in [2.05, 4.69) is 5.32 Å². The topological polar surface area (TPSA) is 58.2 Å². The molecule has 0 unspecified atom stereocenters. The molecule has 1 fully saturated rings.